The number of carbonyl (C=O) groups is 1. The van der Waals surface area contributed by atoms with Gasteiger partial charge in [-0.2, -0.15) is 0 Å². The van der Waals surface area contributed by atoms with Crippen molar-refractivity contribution in [1.29, 1.82) is 0 Å². The van der Waals surface area contributed by atoms with Gasteiger partial charge in [-0.05, 0) is 24.6 Å². The van der Waals surface area contributed by atoms with E-state index in [1.165, 1.54) is 0 Å². The number of amides is 1. The summed E-state index contributed by atoms with van der Waals surface area (Å²) >= 11 is 0. The van der Waals surface area contributed by atoms with Crippen molar-refractivity contribution >= 4 is 16.9 Å². The Labute approximate surface area is 112 Å². The van der Waals surface area contributed by atoms with Crippen molar-refractivity contribution in [3.63, 3.8) is 0 Å². The molecule has 5 nitrogen and oxygen atoms in total. The molecule has 0 saturated carbocycles. The van der Waals surface area contributed by atoms with Crippen molar-refractivity contribution in [2.45, 2.75) is 13.5 Å². The van der Waals surface area contributed by atoms with Gasteiger partial charge in [0.1, 0.15) is 5.82 Å². The zero-order valence-corrected chi connectivity index (χ0v) is 11.2. The van der Waals surface area contributed by atoms with Gasteiger partial charge in [-0.15, -0.1) is 0 Å². The lowest BCUT2D eigenvalue weighted by Gasteiger charge is -2.30. The predicted octanol–water partition coefficient (Wildman–Crippen LogP) is 1.05. The Balaban J connectivity index is 1.74. The molecule has 1 aliphatic heterocycles. The monoisotopic (exact) mass is 258 g/mol. The minimum atomic E-state index is 0.156. The van der Waals surface area contributed by atoms with E-state index in [1.807, 2.05) is 26.1 Å². The second kappa shape index (κ2) is 4.66. The van der Waals surface area contributed by atoms with Crippen LogP contribution in [0.2, 0.25) is 0 Å². The number of rotatable bonds is 3. The number of fused-ring (bicyclic) bond motifs is 1. The van der Waals surface area contributed by atoms with E-state index in [0.717, 1.165) is 35.5 Å². The molecular weight excluding hydrogens is 240 g/mol. The van der Waals surface area contributed by atoms with E-state index in [1.54, 1.807) is 4.90 Å². The van der Waals surface area contributed by atoms with Gasteiger partial charge in [0, 0.05) is 26.7 Å². The average molecular weight is 258 g/mol. The Hall–Kier alpha value is -1.88. The van der Waals surface area contributed by atoms with Crippen LogP contribution in [-0.2, 0) is 11.3 Å². The molecule has 1 fully saturated rings. The Bertz CT molecular complexity index is 615. The number of hydrogen-bond donors (Lipinski definition) is 2. The third-order valence-electron chi connectivity index (χ3n) is 3.59. The number of nitrogens with one attached hydrogen (secondary N) is 2. The summed E-state index contributed by atoms with van der Waals surface area (Å²) in [4.78, 5) is 21.5. The zero-order chi connectivity index (χ0) is 13.4. The molecule has 1 aromatic carbocycles. The van der Waals surface area contributed by atoms with Crippen LogP contribution in [0.5, 0.6) is 0 Å². The summed E-state index contributed by atoms with van der Waals surface area (Å²) in [5.41, 5.74) is 3.12. The number of H-pyrrole nitrogens is 1. The van der Waals surface area contributed by atoms with Gasteiger partial charge in [-0.25, -0.2) is 4.98 Å². The van der Waals surface area contributed by atoms with Crippen molar-refractivity contribution in [2.75, 3.05) is 20.1 Å². The van der Waals surface area contributed by atoms with Crippen molar-refractivity contribution in [1.82, 2.24) is 20.2 Å². The van der Waals surface area contributed by atoms with Crippen molar-refractivity contribution in [3.8, 4) is 0 Å². The van der Waals surface area contributed by atoms with E-state index in [2.05, 4.69) is 21.4 Å². The SMILES string of the molecule is Cc1nc2ccc(CN(C)C(=O)C3CNC3)cc2[nH]1. The normalized spacial score (nSPS) is 15.5. The van der Waals surface area contributed by atoms with Gasteiger partial charge >= 0.3 is 0 Å². The molecule has 0 bridgehead atoms. The molecule has 0 radical (unpaired) electrons. The summed E-state index contributed by atoms with van der Waals surface area (Å²) in [5.74, 6) is 1.29. The highest BCUT2D eigenvalue weighted by Gasteiger charge is 2.27. The van der Waals surface area contributed by atoms with Crippen molar-refractivity contribution in [3.05, 3.63) is 29.6 Å². The number of carbonyl (C=O) groups excluding carboxylic acids is 1. The second-order valence-corrected chi connectivity index (χ2v) is 5.22. The fourth-order valence-electron chi connectivity index (χ4n) is 2.41. The van der Waals surface area contributed by atoms with Crippen molar-refractivity contribution < 1.29 is 4.79 Å². The van der Waals surface area contributed by atoms with Crippen LogP contribution in [-0.4, -0.2) is 40.9 Å². The number of nitrogens with zero attached hydrogens (tertiary/aromatic N) is 2. The Kier molecular flexibility index (Phi) is 2.98. The van der Waals surface area contributed by atoms with Gasteiger partial charge in [-0.3, -0.25) is 4.79 Å². The molecule has 1 aliphatic rings. The number of aryl methyl sites for hydroxylation is 1. The molecular formula is C14H18N4O. The molecule has 0 unspecified atom stereocenters. The first kappa shape index (κ1) is 12.2. The Morgan fingerprint density at radius 1 is 1.47 bits per heavy atom. The standard InChI is InChI=1S/C14H18N4O/c1-9-16-12-4-3-10(5-13(12)17-9)8-18(2)14(19)11-6-15-7-11/h3-5,11,15H,6-8H2,1-2H3,(H,16,17). The summed E-state index contributed by atoms with van der Waals surface area (Å²) in [6.07, 6.45) is 0. The fraction of sp³-hybridized carbons (Fsp3) is 0.429. The lowest BCUT2D eigenvalue weighted by Crippen LogP contribution is -2.50. The van der Waals surface area contributed by atoms with E-state index in [4.69, 9.17) is 0 Å². The molecule has 2 aromatic rings. The van der Waals surface area contributed by atoms with E-state index in [-0.39, 0.29) is 11.8 Å². The largest absolute Gasteiger partial charge is 0.342 e. The zero-order valence-electron chi connectivity index (χ0n) is 11.2. The molecule has 2 N–H and O–H groups in total. The number of aromatic nitrogens is 2. The summed E-state index contributed by atoms with van der Waals surface area (Å²) < 4.78 is 0. The number of hydrogen-bond acceptors (Lipinski definition) is 3. The fourth-order valence-corrected chi connectivity index (χ4v) is 2.41. The van der Waals surface area contributed by atoms with Crippen LogP contribution >= 0.6 is 0 Å². The maximum Gasteiger partial charge on any atom is 0.228 e. The molecule has 1 aromatic heterocycles. The van der Waals surface area contributed by atoms with Gasteiger partial charge in [0.15, 0.2) is 0 Å². The highest BCUT2D eigenvalue weighted by Crippen LogP contribution is 2.16. The first-order valence-electron chi connectivity index (χ1n) is 6.54. The molecule has 19 heavy (non-hydrogen) atoms. The van der Waals surface area contributed by atoms with E-state index in [0.29, 0.717) is 6.54 Å². The third kappa shape index (κ3) is 2.33. The molecule has 1 amide bonds. The summed E-state index contributed by atoms with van der Waals surface area (Å²) in [6, 6.07) is 6.10. The smallest absolute Gasteiger partial charge is 0.228 e. The van der Waals surface area contributed by atoms with Gasteiger partial charge in [-0.1, -0.05) is 6.07 Å². The molecule has 0 aliphatic carbocycles. The lowest BCUT2D eigenvalue weighted by atomic mass is 10.0. The van der Waals surface area contributed by atoms with E-state index >= 15 is 0 Å². The van der Waals surface area contributed by atoms with Crippen LogP contribution in [0.15, 0.2) is 18.2 Å². The highest BCUT2D eigenvalue weighted by atomic mass is 16.2. The number of imidazole rings is 1. The van der Waals surface area contributed by atoms with Crippen LogP contribution < -0.4 is 5.32 Å². The molecule has 0 atom stereocenters. The lowest BCUT2D eigenvalue weighted by molar-refractivity contribution is -0.136. The van der Waals surface area contributed by atoms with Gasteiger partial charge in [0.25, 0.3) is 0 Å². The van der Waals surface area contributed by atoms with Crippen LogP contribution in [0, 0.1) is 12.8 Å². The van der Waals surface area contributed by atoms with Crippen LogP contribution in [0.1, 0.15) is 11.4 Å². The maximum absolute atomic E-state index is 12.1. The molecule has 3 rings (SSSR count). The summed E-state index contributed by atoms with van der Waals surface area (Å²) in [6.45, 7) is 4.20. The molecule has 5 heteroatoms. The van der Waals surface area contributed by atoms with E-state index in [9.17, 15) is 4.79 Å². The van der Waals surface area contributed by atoms with Gasteiger partial charge in [0.2, 0.25) is 5.91 Å². The molecule has 100 valence electrons. The first-order valence-corrected chi connectivity index (χ1v) is 6.54. The van der Waals surface area contributed by atoms with Crippen LogP contribution in [0.25, 0.3) is 11.0 Å². The Morgan fingerprint density at radius 3 is 2.95 bits per heavy atom. The first-order chi connectivity index (χ1) is 9.13. The van der Waals surface area contributed by atoms with Gasteiger partial charge < -0.3 is 15.2 Å². The van der Waals surface area contributed by atoms with E-state index < -0.39 is 0 Å². The van der Waals surface area contributed by atoms with Crippen molar-refractivity contribution in [2.24, 2.45) is 5.92 Å². The molecule has 1 saturated heterocycles. The highest BCUT2D eigenvalue weighted by molar-refractivity contribution is 5.80. The van der Waals surface area contributed by atoms with Crippen LogP contribution in [0.4, 0.5) is 0 Å². The second-order valence-electron chi connectivity index (χ2n) is 5.22. The van der Waals surface area contributed by atoms with Gasteiger partial charge in [0.05, 0.1) is 17.0 Å². The summed E-state index contributed by atoms with van der Waals surface area (Å²) in [7, 11) is 1.86. The quantitative estimate of drug-likeness (QED) is 0.865. The minimum absolute atomic E-state index is 0.156. The average Bonchev–Trinajstić information content (AvgIpc) is 2.66. The Morgan fingerprint density at radius 2 is 2.26 bits per heavy atom. The maximum atomic E-state index is 12.1. The minimum Gasteiger partial charge on any atom is -0.342 e. The summed E-state index contributed by atoms with van der Waals surface area (Å²) in [5, 5.41) is 3.13. The topological polar surface area (TPSA) is 61.0 Å². The number of aromatic amines is 1. The predicted molar refractivity (Wildman–Crippen MR) is 73.7 cm³/mol. The molecule has 0 spiro atoms. The van der Waals surface area contributed by atoms with Crippen LogP contribution in [0.3, 0.4) is 0 Å². The third-order valence-corrected chi connectivity index (χ3v) is 3.59. The number of benzene rings is 1. The molecule has 2 heterocycles.